The summed E-state index contributed by atoms with van der Waals surface area (Å²) in [5.41, 5.74) is -0.710. The van der Waals surface area contributed by atoms with Crippen LogP contribution >= 0.6 is 11.6 Å². The summed E-state index contributed by atoms with van der Waals surface area (Å²) in [5.74, 6) is -0.0805. The smallest absolute Gasteiger partial charge is 0.367 e. The Labute approximate surface area is 109 Å². The molecule has 2 rings (SSSR count). The minimum atomic E-state index is -4.37. The van der Waals surface area contributed by atoms with Crippen LogP contribution in [-0.2, 0) is 6.18 Å². The van der Waals surface area contributed by atoms with E-state index in [-0.39, 0.29) is 17.2 Å². The van der Waals surface area contributed by atoms with E-state index in [9.17, 15) is 13.2 Å². The molecule has 1 aliphatic carbocycles. The largest absolute Gasteiger partial charge is 0.419 e. The average Bonchev–Trinajstić information content (AvgIpc) is 2.31. The van der Waals surface area contributed by atoms with Crippen molar-refractivity contribution in [3.05, 3.63) is 23.9 Å². The van der Waals surface area contributed by atoms with Crippen molar-refractivity contribution in [3.63, 3.8) is 0 Å². The van der Waals surface area contributed by atoms with Crippen LogP contribution in [0.1, 0.15) is 31.2 Å². The zero-order valence-corrected chi connectivity index (χ0v) is 10.4. The monoisotopic (exact) mass is 278 g/mol. The zero-order valence-electron chi connectivity index (χ0n) is 9.67. The number of hydrogen-bond acceptors (Lipinski definition) is 2. The van der Waals surface area contributed by atoms with Gasteiger partial charge in [0.25, 0.3) is 0 Å². The summed E-state index contributed by atoms with van der Waals surface area (Å²) >= 11 is 5.97. The van der Waals surface area contributed by atoms with Crippen LogP contribution in [0.15, 0.2) is 18.3 Å². The van der Waals surface area contributed by atoms with E-state index in [1.807, 2.05) is 0 Å². The summed E-state index contributed by atoms with van der Waals surface area (Å²) in [6, 6.07) is 2.36. The lowest BCUT2D eigenvalue weighted by atomic mass is 9.95. The van der Waals surface area contributed by atoms with Gasteiger partial charge in [-0.15, -0.1) is 11.6 Å². The van der Waals surface area contributed by atoms with Crippen LogP contribution in [0.4, 0.5) is 19.0 Å². The Balaban J connectivity index is 2.10. The maximum atomic E-state index is 12.8. The Morgan fingerprint density at radius 2 is 1.89 bits per heavy atom. The first kappa shape index (κ1) is 13.5. The number of nitrogens with zero attached hydrogens (tertiary/aromatic N) is 1. The molecule has 0 aliphatic heterocycles. The molecule has 1 fully saturated rings. The molecule has 1 N–H and O–H groups in total. The predicted molar refractivity (Wildman–Crippen MR) is 64.8 cm³/mol. The molecule has 0 radical (unpaired) electrons. The Kier molecular flexibility index (Phi) is 4.00. The van der Waals surface area contributed by atoms with Gasteiger partial charge in [0.05, 0.1) is 5.56 Å². The quantitative estimate of drug-likeness (QED) is 0.825. The maximum Gasteiger partial charge on any atom is 0.419 e. The second kappa shape index (κ2) is 5.34. The van der Waals surface area contributed by atoms with E-state index in [0.29, 0.717) is 0 Å². The number of aromatic nitrogens is 1. The number of alkyl halides is 4. The van der Waals surface area contributed by atoms with Crippen molar-refractivity contribution >= 4 is 17.4 Å². The van der Waals surface area contributed by atoms with E-state index in [1.54, 1.807) is 0 Å². The lowest BCUT2D eigenvalue weighted by molar-refractivity contribution is -0.137. The van der Waals surface area contributed by atoms with Crippen LogP contribution < -0.4 is 5.32 Å². The third-order valence-corrected chi connectivity index (χ3v) is 3.55. The molecule has 0 spiro atoms. The fraction of sp³-hybridized carbons (Fsp3) is 0.583. The van der Waals surface area contributed by atoms with E-state index in [2.05, 4.69) is 10.3 Å². The van der Waals surface area contributed by atoms with Gasteiger partial charge in [0.2, 0.25) is 0 Å². The Hall–Kier alpha value is -0.970. The summed E-state index contributed by atoms with van der Waals surface area (Å²) < 4.78 is 38.3. The normalized spacial score (nSPS) is 24.9. The average molecular weight is 279 g/mol. The van der Waals surface area contributed by atoms with Gasteiger partial charge in [-0.05, 0) is 37.8 Å². The number of rotatable bonds is 2. The number of halogens is 4. The van der Waals surface area contributed by atoms with Crippen LogP contribution in [0, 0.1) is 0 Å². The van der Waals surface area contributed by atoms with Gasteiger partial charge in [-0.3, -0.25) is 0 Å². The van der Waals surface area contributed by atoms with Crippen LogP contribution in [-0.4, -0.2) is 16.4 Å². The molecule has 0 aromatic carbocycles. The minimum Gasteiger partial charge on any atom is -0.367 e. The van der Waals surface area contributed by atoms with E-state index < -0.39 is 11.7 Å². The highest BCUT2D eigenvalue weighted by atomic mass is 35.5. The summed E-state index contributed by atoms with van der Waals surface area (Å²) in [7, 11) is 0. The van der Waals surface area contributed by atoms with Gasteiger partial charge in [-0.2, -0.15) is 13.2 Å². The number of hydrogen-bond donors (Lipinski definition) is 1. The van der Waals surface area contributed by atoms with Crippen LogP contribution in [0.3, 0.4) is 0 Å². The van der Waals surface area contributed by atoms with E-state index in [0.717, 1.165) is 31.7 Å². The van der Waals surface area contributed by atoms with Gasteiger partial charge in [0.1, 0.15) is 5.82 Å². The first-order chi connectivity index (χ1) is 8.47. The van der Waals surface area contributed by atoms with Gasteiger partial charge >= 0.3 is 6.18 Å². The molecule has 0 bridgehead atoms. The first-order valence-electron chi connectivity index (χ1n) is 5.89. The fourth-order valence-electron chi connectivity index (χ4n) is 2.14. The molecule has 100 valence electrons. The molecule has 0 unspecified atom stereocenters. The molecular formula is C12H14ClF3N2. The fourth-order valence-corrected chi connectivity index (χ4v) is 2.39. The molecule has 0 atom stereocenters. The van der Waals surface area contributed by atoms with Crippen molar-refractivity contribution in [2.75, 3.05) is 5.32 Å². The molecular weight excluding hydrogens is 265 g/mol. The van der Waals surface area contributed by atoms with Crippen LogP contribution in [0.25, 0.3) is 0 Å². The topological polar surface area (TPSA) is 24.9 Å². The van der Waals surface area contributed by atoms with Crippen molar-refractivity contribution < 1.29 is 13.2 Å². The summed E-state index contributed by atoms with van der Waals surface area (Å²) in [6.07, 6.45) is 0.204. The predicted octanol–water partition coefficient (Wildman–Crippen LogP) is 4.06. The third-order valence-electron chi connectivity index (χ3n) is 3.11. The van der Waals surface area contributed by atoms with Crippen molar-refractivity contribution in [1.29, 1.82) is 0 Å². The number of anilines is 1. The van der Waals surface area contributed by atoms with E-state index in [4.69, 9.17) is 11.6 Å². The van der Waals surface area contributed by atoms with Gasteiger partial charge in [-0.1, -0.05) is 0 Å². The van der Waals surface area contributed by atoms with Crippen molar-refractivity contribution in [2.45, 2.75) is 43.3 Å². The summed E-state index contributed by atoms with van der Waals surface area (Å²) in [5, 5.41) is 3.03. The van der Waals surface area contributed by atoms with Gasteiger partial charge < -0.3 is 5.32 Å². The Bertz CT molecular complexity index is 401. The van der Waals surface area contributed by atoms with Gasteiger partial charge in [0.15, 0.2) is 0 Å². The Morgan fingerprint density at radius 3 is 2.50 bits per heavy atom. The van der Waals surface area contributed by atoms with Crippen LogP contribution in [0.5, 0.6) is 0 Å². The van der Waals surface area contributed by atoms with Crippen molar-refractivity contribution in [3.8, 4) is 0 Å². The second-order valence-corrected chi connectivity index (χ2v) is 5.11. The van der Waals surface area contributed by atoms with Gasteiger partial charge in [0, 0.05) is 17.6 Å². The number of pyridine rings is 1. The molecule has 0 amide bonds. The highest BCUT2D eigenvalue weighted by Crippen LogP contribution is 2.34. The summed E-state index contributed by atoms with van der Waals surface area (Å²) in [6.45, 7) is 0. The minimum absolute atomic E-state index is 0.0241. The number of nitrogens with one attached hydrogen (secondary N) is 1. The SMILES string of the molecule is FC(F)(F)c1cccnc1NC1CCC(Cl)CC1. The molecule has 6 heteroatoms. The second-order valence-electron chi connectivity index (χ2n) is 4.49. The van der Waals surface area contributed by atoms with Crippen molar-refractivity contribution in [2.24, 2.45) is 0 Å². The summed E-state index contributed by atoms with van der Waals surface area (Å²) in [4.78, 5) is 3.79. The van der Waals surface area contributed by atoms with E-state index >= 15 is 0 Å². The Morgan fingerprint density at radius 1 is 1.22 bits per heavy atom. The molecule has 0 saturated heterocycles. The molecule has 1 aromatic rings. The zero-order chi connectivity index (χ0) is 13.2. The highest BCUT2D eigenvalue weighted by Gasteiger charge is 2.34. The standard InChI is InChI=1S/C12H14ClF3N2/c13-8-3-5-9(6-4-8)18-11-10(12(14,15)16)2-1-7-17-11/h1-2,7-9H,3-6H2,(H,17,18). The molecule has 1 saturated carbocycles. The lowest BCUT2D eigenvalue weighted by Crippen LogP contribution is -2.28. The van der Waals surface area contributed by atoms with Crippen molar-refractivity contribution in [1.82, 2.24) is 4.98 Å². The van der Waals surface area contributed by atoms with Crippen LogP contribution in [0.2, 0.25) is 0 Å². The maximum absolute atomic E-state index is 12.8. The molecule has 1 heterocycles. The molecule has 1 aliphatic rings. The van der Waals surface area contributed by atoms with E-state index in [1.165, 1.54) is 12.3 Å². The first-order valence-corrected chi connectivity index (χ1v) is 6.33. The third kappa shape index (κ3) is 3.28. The molecule has 18 heavy (non-hydrogen) atoms. The molecule has 1 aromatic heterocycles. The van der Waals surface area contributed by atoms with Gasteiger partial charge in [-0.25, -0.2) is 4.98 Å². The molecule has 2 nitrogen and oxygen atoms in total. The highest BCUT2D eigenvalue weighted by molar-refractivity contribution is 6.20. The lowest BCUT2D eigenvalue weighted by Gasteiger charge is -2.27.